The van der Waals surface area contributed by atoms with Crippen LogP contribution in [0.3, 0.4) is 0 Å². The van der Waals surface area contributed by atoms with Crippen molar-refractivity contribution in [2.75, 3.05) is 104 Å². The van der Waals surface area contributed by atoms with Crippen molar-refractivity contribution in [3.05, 3.63) is 123 Å². The van der Waals surface area contributed by atoms with Gasteiger partial charge in [0.2, 0.25) is 11.8 Å². The van der Waals surface area contributed by atoms with Crippen molar-refractivity contribution in [2.45, 2.75) is 70.8 Å². The summed E-state index contributed by atoms with van der Waals surface area (Å²) in [5.74, 6) is -0.967. The number of fused-ring (bicyclic) bond motifs is 4. The predicted octanol–water partition coefficient (Wildman–Crippen LogP) is 5.61. The van der Waals surface area contributed by atoms with Crippen LogP contribution in [-0.4, -0.2) is 167 Å². The van der Waals surface area contributed by atoms with Gasteiger partial charge in [-0.15, -0.1) is 0 Å². The van der Waals surface area contributed by atoms with Crippen molar-refractivity contribution in [1.29, 1.82) is 0 Å². The van der Waals surface area contributed by atoms with Gasteiger partial charge in [0, 0.05) is 108 Å². The molecule has 0 radical (unpaired) electrons. The summed E-state index contributed by atoms with van der Waals surface area (Å²) >= 11 is 0. The molecule has 11 rings (SSSR count). The molecule has 3 aromatic carbocycles. The van der Waals surface area contributed by atoms with E-state index in [0.717, 1.165) is 88.8 Å². The summed E-state index contributed by atoms with van der Waals surface area (Å²) in [7, 11) is 0. The van der Waals surface area contributed by atoms with Gasteiger partial charge in [0.25, 0.3) is 17.4 Å². The van der Waals surface area contributed by atoms with Gasteiger partial charge >= 0.3 is 0 Å². The van der Waals surface area contributed by atoms with Gasteiger partial charge in [-0.25, -0.2) is 14.5 Å². The number of piperidine rings is 1. The molecular formula is C57H69FN10O6. The fourth-order valence-electron chi connectivity index (χ4n) is 11.6. The lowest BCUT2D eigenvalue weighted by Gasteiger charge is -2.52. The number of nitrogens with zero attached hydrogens (tertiary/aromatic N) is 7. The van der Waals surface area contributed by atoms with Crippen LogP contribution in [-0.2, 0) is 27.2 Å². The van der Waals surface area contributed by atoms with Crippen molar-refractivity contribution < 1.29 is 28.3 Å². The van der Waals surface area contributed by atoms with Gasteiger partial charge in [-0.1, -0.05) is 55.5 Å². The Morgan fingerprint density at radius 1 is 0.770 bits per heavy atom. The van der Waals surface area contributed by atoms with Crippen molar-refractivity contribution >= 4 is 40.1 Å². The van der Waals surface area contributed by atoms with Gasteiger partial charge in [-0.3, -0.25) is 28.9 Å². The lowest BCUT2D eigenvalue weighted by molar-refractivity contribution is -0.172. The Balaban J connectivity index is 0.671. The lowest BCUT2D eigenvalue weighted by atomic mass is 9.66. The van der Waals surface area contributed by atoms with E-state index < -0.39 is 11.7 Å². The number of rotatable bonds is 15. The van der Waals surface area contributed by atoms with Gasteiger partial charge in [-0.2, -0.15) is 5.10 Å². The van der Waals surface area contributed by atoms with Gasteiger partial charge < -0.3 is 35.0 Å². The summed E-state index contributed by atoms with van der Waals surface area (Å²) in [6, 6.07) is 21.8. The van der Waals surface area contributed by atoms with E-state index in [-0.39, 0.29) is 52.1 Å². The summed E-state index contributed by atoms with van der Waals surface area (Å²) < 4.78 is 21.3. The molecule has 0 atom stereocenters. The third-order valence-corrected chi connectivity index (χ3v) is 16.5. The van der Waals surface area contributed by atoms with E-state index in [2.05, 4.69) is 56.6 Å². The minimum atomic E-state index is -0.609. The fourth-order valence-corrected chi connectivity index (χ4v) is 11.6. The first-order valence-corrected chi connectivity index (χ1v) is 26.6. The number of H-pyrrole nitrogens is 1. The average molecular weight is 1010 g/mol. The van der Waals surface area contributed by atoms with Crippen molar-refractivity contribution in [3.63, 3.8) is 0 Å². The number of carbonyl (C=O) groups is 4. The fraction of sp³-hybridized carbons (Fsp3) is 0.491. The first-order valence-electron chi connectivity index (χ1n) is 26.6. The molecule has 5 aliphatic heterocycles. The summed E-state index contributed by atoms with van der Waals surface area (Å²) in [6.45, 7) is 12.9. The number of nitrogens with one attached hydrogen (secondary N) is 3. The van der Waals surface area contributed by atoms with E-state index >= 15 is 4.39 Å². The number of aryl methyl sites for hydroxylation is 1. The van der Waals surface area contributed by atoms with E-state index in [9.17, 15) is 24.0 Å². The van der Waals surface area contributed by atoms with Crippen molar-refractivity contribution in [2.24, 2.45) is 11.3 Å². The van der Waals surface area contributed by atoms with E-state index in [1.165, 1.54) is 11.6 Å². The molecule has 1 saturated carbocycles. The van der Waals surface area contributed by atoms with Crippen LogP contribution in [0.25, 0.3) is 21.9 Å². The summed E-state index contributed by atoms with van der Waals surface area (Å²) in [5.41, 5.74) is 4.75. The molecule has 6 fully saturated rings. The number of hydrogen-bond acceptors (Lipinski definition) is 11. The van der Waals surface area contributed by atoms with Crippen LogP contribution in [0.4, 0.5) is 10.1 Å². The third kappa shape index (κ3) is 11.6. The Kier molecular flexibility index (Phi) is 15.3. The average Bonchev–Trinajstić information content (AvgIpc) is 3.43. The largest absolute Gasteiger partial charge is 0.375 e. The number of carbonyl (C=O) groups excluding carboxylic acids is 4. The lowest BCUT2D eigenvalue weighted by Crippen LogP contribution is -2.55. The molecule has 6 aliphatic rings. The molecule has 4 amide bonds. The maximum Gasteiger partial charge on any atom is 0.274 e. The van der Waals surface area contributed by atoms with Crippen LogP contribution in [0.15, 0.2) is 83.8 Å². The Morgan fingerprint density at radius 3 is 2.22 bits per heavy atom. The minimum absolute atomic E-state index is 0.00414. The first-order chi connectivity index (χ1) is 35.8. The first kappa shape index (κ1) is 51.1. The molecule has 5 saturated heterocycles. The third-order valence-electron chi connectivity index (χ3n) is 16.5. The van der Waals surface area contributed by atoms with Crippen molar-refractivity contribution in [3.8, 4) is 11.1 Å². The molecule has 7 heterocycles. The Bertz CT molecular complexity index is 2920. The number of aromatic nitrogens is 3. The number of pyridine rings is 1. The molecule has 2 bridgehead atoms. The van der Waals surface area contributed by atoms with Crippen LogP contribution < -0.4 is 16.2 Å². The van der Waals surface area contributed by atoms with Crippen LogP contribution in [0.2, 0.25) is 0 Å². The highest BCUT2D eigenvalue weighted by molar-refractivity contribution is 6.03. The molecule has 2 aromatic heterocycles. The molecule has 1 aliphatic carbocycles. The molecule has 74 heavy (non-hydrogen) atoms. The van der Waals surface area contributed by atoms with Crippen LogP contribution in [0, 0.1) is 17.2 Å². The number of benzene rings is 3. The second-order valence-corrected chi connectivity index (χ2v) is 21.6. The SMILES string of the molecule is CCc1cccc(-c2cnc(C(=O)N3CCC(CN4CCN(CC(=O)N5CCN(C(=O)c6cc(Cc7n[nH]c(=O)c8ccccc78)ccc6F)CC5)CC4)CC3)c(NC(=O)CNCC34CCC(C)(CC3)OC4)c2)c1. The molecule has 390 valence electrons. The smallest absolute Gasteiger partial charge is 0.274 e. The maximum absolute atomic E-state index is 15.1. The van der Waals surface area contributed by atoms with E-state index in [1.807, 2.05) is 35.2 Å². The standard InChI is InChI=1S/C57H69FN10O6/c1-3-39-7-6-8-42(29-39)43-32-49(61-50(69)34-59-37-57-17-15-56(2,16-18-57)74-38-57)52(60-33-43)55(73)67-19-13-40(14-20-67)35-64-21-23-65(24-22-64)36-51(70)66-25-27-68(28-26-66)54(72)46-30-41(11-12-47(46)58)31-48-44-9-4-5-10-45(44)53(71)63-62-48/h4-12,29-30,32-33,40,59H,3,13-28,31,34-38H2,1-2H3,(H,61,69)(H,63,71). The molecule has 5 aromatic rings. The second-order valence-electron chi connectivity index (χ2n) is 21.6. The molecular weight excluding hydrogens is 940 g/mol. The summed E-state index contributed by atoms with van der Waals surface area (Å²) in [6.07, 6.45) is 8.93. The highest BCUT2D eigenvalue weighted by Crippen LogP contribution is 2.48. The van der Waals surface area contributed by atoms with Crippen molar-refractivity contribution in [1.82, 2.24) is 45.0 Å². The quantitative estimate of drug-likeness (QED) is 0.119. The number of ether oxygens (including phenoxy) is 1. The van der Waals surface area contributed by atoms with Gasteiger partial charge in [0.15, 0.2) is 5.69 Å². The summed E-state index contributed by atoms with van der Waals surface area (Å²) in [4.78, 5) is 81.8. The van der Waals surface area contributed by atoms with Crippen LogP contribution in [0.1, 0.15) is 90.0 Å². The molecule has 16 nitrogen and oxygen atoms in total. The van der Waals surface area contributed by atoms with E-state index in [0.29, 0.717) is 99.0 Å². The number of hydrogen-bond donors (Lipinski definition) is 3. The normalized spacial score (nSPS) is 21.8. The molecule has 0 spiro atoms. The monoisotopic (exact) mass is 1010 g/mol. The van der Waals surface area contributed by atoms with Gasteiger partial charge in [-0.05, 0) is 98.7 Å². The molecule has 3 N–H and O–H groups in total. The molecule has 0 unspecified atom stereocenters. The maximum atomic E-state index is 15.1. The van der Waals surface area contributed by atoms with E-state index in [4.69, 9.17) is 9.72 Å². The Hall–Kier alpha value is -6.40. The zero-order valence-corrected chi connectivity index (χ0v) is 42.8. The number of aromatic amines is 1. The van der Waals surface area contributed by atoms with Crippen LogP contribution in [0.5, 0.6) is 0 Å². The zero-order chi connectivity index (χ0) is 51.4. The predicted molar refractivity (Wildman–Crippen MR) is 281 cm³/mol. The summed E-state index contributed by atoms with van der Waals surface area (Å²) in [5, 5.41) is 14.5. The second kappa shape index (κ2) is 22.2. The minimum Gasteiger partial charge on any atom is -0.375 e. The van der Waals surface area contributed by atoms with Crippen LogP contribution >= 0.6 is 0 Å². The Morgan fingerprint density at radius 2 is 1.49 bits per heavy atom. The highest BCUT2D eigenvalue weighted by atomic mass is 19.1. The van der Waals surface area contributed by atoms with Gasteiger partial charge in [0.05, 0.1) is 47.6 Å². The number of amides is 4. The van der Waals surface area contributed by atoms with E-state index in [1.54, 1.807) is 40.3 Å². The number of likely N-dealkylation sites (tertiary alicyclic amines) is 1. The topological polar surface area (TPSA) is 176 Å². The zero-order valence-electron chi connectivity index (χ0n) is 42.8. The highest BCUT2D eigenvalue weighted by Gasteiger charge is 2.47. The number of halogens is 1. The number of piperazine rings is 2. The molecule has 17 heteroatoms. The number of anilines is 1. The Labute approximate surface area is 432 Å². The van der Waals surface area contributed by atoms with Gasteiger partial charge in [0.1, 0.15) is 5.82 Å².